The van der Waals surface area contributed by atoms with Crippen molar-refractivity contribution in [1.82, 2.24) is 25.5 Å². The molecular weight excluding hydrogens is 291 g/mol. The normalized spacial score (nSPS) is 19.0. The van der Waals surface area contributed by atoms with Crippen molar-refractivity contribution in [2.24, 2.45) is 0 Å². The number of hydrogen-bond donors (Lipinski definition) is 2. The highest BCUT2D eigenvalue weighted by molar-refractivity contribution is 5.73. The molecule has 0 spiro atoms. The highest BCUT2D eigenvalue weighted by Gasteiger charge is 2.38. The molecule has 7 nitrogen and oxygen atoms in total. The quantitative estimate of drug-likeness (QED) is 0.808. The van der Waals surface area contributed by atoms with E-state index in [0.29, 0.717) is 5.92 Å². The lowest BCUT2D eigenvalue weighted by atomic mass is 10.1. The molecule has 0 radical (unpaired) electrons. The lowest BCUT2D eigenvalue weighted by Gasteiger charge is -2.15. The van der Waals surface area contributed by atoms with Gasteiger partial charge >= 0.3 is 12.1 Å². The van der Waals surface area contributed by atoms with E-state index in [0.717, 1.165) is 25.3 Å². The van der Waals surface area contributed by atoms with Crippen LogP contribution in [0.3, 0.4) is 0 Å². The smallest absolute Gasteiger partial charge is 0.475 e. The summed E-state index contributed by atoms with van der Waals surface area (Å²) in [6.07, 6.45) is -3.96. The van der Waals surface area contributed by atoms with Gasteiger partial charge in [-0.05, 0) is 39.0 Å². The lowest BCUT2D eigenvalue weighted by molar-refractivity contribution is -0.192. The van der Waals surface area contributed by atoms with Gasteiger partial charge in [0.15, 0.2) is 5.82 Å². The van der Waals surface area contributed by atoms with Crippen LogP contribution in [0.2, 0.25) is 0 Å². The van der Waals surface area contributed by atoms with Crippen LogP contribution >= 0.6 is 0 Å². The van der Waals surface area contributed by atoms with Gasteiger partial charge in [-0.1, -0.05) is 0 Å². The topological polar surface area (TPSA) is 92.9 Å². The maximum Gasteiger partial charge on any atom is 0.490 e. The van der Waals surface area contributed by atoms with Crippen molar-refractivity contribution in [3.8, 4) is 0 Å². The molecule has 1 aliphatic rings. The predicted molar refractivity (Wildman–Crippen MR) is 66.7 cm³/mol. The van der Waals surface area contributed by atoms with E-state index in [-0.39, 0.29) is 5.54 Å². The van der Waals surface area contributed by atoms with Crippen molar-refractivity contribution in [3.63, 3.8) is 0 Å². The molecule has 0 bridgehead atoms. The molecule has 1 atom stereocenters. The standard InChI is InChI=1S/C9H17N5.C2HF3O2/c1-9(2,3)14-12-8(11-13-14)7-4-5-10-6-7;3-2(4,5)1(6)7/h7,10H,4-6H2,1-3H3;(H,6,7)/t7-;/m1./s1. The Morgan fingerprint density at radius 2 is 1.95 bits per heavy atom. The fourth-order valence-corrected chi connectivity index (χ4v) is 1.55. The van der Waals surface area contributed by atoms with Gasteiger partial charge in [0.2, 0.25) is 0 Å². The highest BCUT2D eigenvalue weighted by atomic mass is 19.4. The van der Waals surface area contributed by atoms with Gasteiger partial charge in [-0.25, -0.2) is 4.79 Å². The molecule has 1 fully saturated rings. The first-order valence-electron chi connectivity index (χ1n) is 6.33. The SMILES string of the molecule is CC(C)(C)n1nnc([C@@H]2CCNC2)n1.O=C(O)C(F)(F)F. The molecule has 2 rings (SSSR count). The second-order valence-corrected chi connectivity index (χ2v) is 5.60. The molecule has 10 heteroatoms. The van der Waals surface area contributed by atoms with Crippen molar-refractivity contribution >= 4 is 5.97 Å². The number of carboxylic acids is 1. The number of halogens is 3. The van der Waals surface area contributed by atoms with E-state index in [1.165, 1.54) is 0 Å². The Morgan fingerprint density at radius 3 is 2.29 bits per heavy atom. The summed E-state index contributed by atoms with van der Waals surface area (Å²) < 4.78 is 31.7. The number of hydrogen-bond acceptors (Lipinski definition) is 5. The fraction of sp³-hybridized carbons (Fsp3) is 0.818. The number of carbonyl (C=O) groups is 1. The first kappa shape index (κ1) is 17.3. The Labute approximate surface area is 119 Å². The minimum Gasteiger partial charge on any atom is -0.475 e. The Balaban J connectivity index is 0.000000270. The van der Waals surface area contributed by atoms with Crippen molar-refractivity contribution in [2.75, 3.05) is 13.1 Å². The summed E-state index contributed by atoms with van der Waals surface area (Å²) in [5.74, 6) is -1.43. The lowest BCUT2D eigenvalue weighted by Crippen LogP contribution is -2.25. The molecule has 21 heavy (non-hydrogen) atoms. The zero-order valence-corrected chi connectivity index (χ0v) is 12.0. The third kappa shape index (κ3) is 5.29. The van der Waals surface area contributed by atoms with Gasteiger partial charge in [-0.3, -0.25) is 0 Å². The highest BCUT2D eigenvalue weighted by Crippen LogP contribution is 2.19. The number of alkyl halides is 3. The molecule has 0 aliphatic carbocycles. The summed E-state index contributed by atoms with van der Waals surface area (Å²) >= 11 is 0. The Hall–Kier alpha value is -1.71. The van der Waals surface area contributed by atoms with Gasteiger partial charge in [-0.15, -0.1) is 10.2 Å². The first-order chi connectivity index (χ1) is 9.51. The fourth-order valence-electron chi connectivity index (χ4n) is 1.55. The molecule has 1 aliphatic heterocycles. The van der Waals surface area contributed by atoms with Gasteiger partial charge in [0.05, 0.1) is 5.54 Å². The first-order valence-corrected chi connectivity index (χ1v) is 6.33. The van der Waals surface area contributed by atoms with Gasteiger partial charge in [0.1, 0.15) is 0 Å². The molecule has 1 aromatic rings. The largest absolute Gasteiger partial charge is 0.490 e. The zero-order valence-electron chi connectivity index (χ0n) is 12.0. The number of aliphatic carboxylic acids is 1. The minimum absolute atomic E-state index is 0.0721. The maximum atomic E-state index is 10.6. The Bertz CT molecular complexity index is 475. The summed E-state index contributed by atoms with van der Waals surface area (Å²) in [6, 6.07) is 0. The average Bonchev–Trinajstić information content (AvgIpc) is 2.98. The van der Waals surface area contributed by atoms with Crippen LogP contribution in [0.1, 0.15) is 38.9 Å². The van der Waals surface area contributed by atoms with Gasteiger partial charge in [0.25, 0.3) is 0 Å². The van der Waals surface area contributed by atoms with Crippen LogP contribution in [-0.2, 0) is 10.3 Å². The second-order valence-electron chi connectivity index (χ2n) is 5.60. The summed E-state index contributed by atoms with van der Waals surface area (Å²) in [5, 5.41) is 23.0. The molecule has 0 amide bonds. The van der Waals surface area contributed by atoms with E-state index in [4.69, 9.17) is 9.90 Å². The van der Waals surface area contributed by atoms with E-state index < -0.39 is 12.1 Å². The molecule has 1 aromatic heterocycles. The van der Waals surface area contributed by atoms with Crippen LogP contribution in [0.15, 0.2) is 0 Å². The van der Waals surface area contributed by atoms with Crippen molar-refractivity contribution in [2.45, 2.75) is 44.8 Å². The summed E-state index contributed by atoms with van der Waals surface area (Å²) in [5.41, 5.74) is -0.0721. The maximum absolute atomic E-state index is 10.6. The molecule has 0 saturated carbocycles. The van der Waals surface area contributed by atoms with Crippen molar-refractivity contribution < 1.29 is 23.1 Å². The number of nitrogens with one attached hydrogen (secondary N) is 1. The number of carboxylic acid groups (broad SMARTS) is 1. The number of tetrazole rings is 1. The Kier molecular flexibility index (Phi) is 5.26. The van der Waals surface area contributed by atoms with E-state index in [2.05, 4.69) is 41.5 Å². The second kappa shape index (κ2) is 6.37. The number of aromatic nitrogens is 4. The third-order valence-corrected chi connectivity index (χ3v) is 2.70. The monoisotopic (exact) mass is 309 g/mol. The summed E-state index contributed by atoms with van der Waals surface area (Å²) in [4.78, 5) is 10.6. The third-order valence-electron chi connectivity index (χ3n) is 2.70. The van der Waals surface area contributed by atoms with Gasteiger partial charge in [0, 0.05) is 12.5 Å². The van der Waals surface area contributed by atoms with Crippen LogP contribution in [0.4, 0.5) is 13.2 Å². The molecule has 2 N–H and O–H groups in total. The van der Waals surface area contributed by atoms with Gasteiger partial charge < -0.3 is 10.4 Å². The van der Waals surface area contributed by atoms with Gasteiger partial charge in [-0.2, -0.15) is 18.0 Å². The molecule has 120 valence electrons. The zero-order chi connectivity index (χ0) is 16.3. The van der Waals surface area contributed by atoms with Crippen LogP contribution in [-0.4, -0.2) is 50.5 Å². The van der Waals surface area contributed by atoms with E-state index in [9.17, 15) is 13.2 Å². The van der Waals surface area contributed by atoms with Crippen LogP contribution in [0.5, 0.6) is 0 Å². The van der Waals surface area contributed by atoms with Crippen LogP contribution in [0, 0.1) is 0 Å². The summed E-state index contributed by atoms with van der Waals surface area (Å²) in [6.45, 7) is 8.27. The van der Waals surface area contributed by atoms with Crippen molar-refractivity contribution in [3.05, 3.63) is 5.82 Å². The molecular formula is C11H18F3N5O2. The van der Waals surface area contributed by atoms with Crippen LogP contribution in [0.25, 0.3) is 0 Å². The minimum atomic E-state index is -5.08. The molecule has 0 unspecified atom stereocenters. The molecule has 1 saturated heterocycles. The molecule has 0 aromatic carbocycles. The van der Waals surface area contributed by atoms with Crippen LogP contribution < -0.4 is 5.32 Å². The summed E-state index contributed by atoms with van der Waals surface area (Å²) in [7, 11) is 0. The Morgan fingerprint density at radius 1 is 1.38 bits per heavy atom. The van der Waals surface area contributed by atoms with E-state index >= 15 is 0 Å². The van der Waals surface area contributed by atoms with E-state index in [1.807, 2.05) is 0 Å². The predicted octanol–water partition coefficient (Wildman–Crippen LogP) is 1.14. The molecule has 2 heterocycles. The number of rotatable bonds is 1. The van der Waals surface area contributed by atoms with E-state index in [1.54, 1.807) is 4.80 Å². The average molecular weight is 309 g/mol. The van der Waals surface area contributed by atoms with Crippen molar-refractivity contribution in [1.29, 1.82) is 0 Å². The number of nitrogens with zero attached hydrogens (tertiary/aromatic N) is 4.